The largest absolute Gasteiger partial charge is 0.0809 e. The third-order valence-corrected chi connectivity index (χ3v) is 3.10. The van der Waals surface area contributed by atoms with Crippen LogP contribution in [0.15, 0.2) is 12.1 Å². The predicted molar refractivity (Wildman–Crippen MR) is 65.4 cm³/mol. The average molecular weight is 199 g/mol. The van der Waals surface area contributed by atoms with Crippen molar-refractivity contribution in [2.45, 2.75) is 46.5 Å². The van der Waals surface area contributed by atoms with Gasteiger partial charge in [0.05, 0.1) is 0 Å². The van der Waals surface area contributed by atoms with Gasteiger partial charge in [-0.3, -0.25) is 0 Å². The minimum Gasteiger partial charge on any atom is -0.0809 e. The molecule has 0 aromatic heterocycles. The van der Waals surface area contributed by atoms with Gasteiger partial charge in [0.1, 0.15) is 0 Å². The van der Waals surface area contributed by atoms with E-state index in [1.165, 1.54) is 22.3 Å². The fraction of sp³-hybridized carbons (Fsp3) is 0.467. The number of hydrogen-bond donors (Lipinski definition) is 0. The minimum absolute atomic E-state index is 0.176. The van der Waals surface area contributed by atoms with Crippen molar-refractivity contribution in [1.82, 2.24) is 0 Å². The topological polar surface area (TPSA) is 0 Å². The molecule has 0 aliphatic carbocycles. The van der Waals surface area contributed by atoms with Gasteiger partial charge in [-0.05, 0) is 55.9 Å². The second kappa shape index (κ2) is 5.03. The maximum absolute atomic E-state index is 7.41. The van der Waals surface area contributed by atoms with E-state index in [0.29, 0.717) is 0 Å². The Hall–Kier alpha value is -1.22. The maximum Gasteiger partial charge on any atom is 0.0467 e. The van der Waals surface area contributed by atoms with Crippen molar-refractivity contribution in [1.29, 1.82) is 0 Å². The lowest BCUT2D eigenvalue weighted by Gasteiger charge is -2.17. The fourth-order valence-electron chi connectivity index (χ4n) is 2.09. The Morgan fingerprint density at radius 1 is 1.20 bits per heavy atom. The molecule has 0 fully saturated rings. The summed E-state index contributed by atoms with van der Waals surface area (Å²) in [5.41, 5.74) is 5.24. The van der Waals surface area contributed by atoms with Crippen molar-refractivity contribution < 1.29 is 0 Å². The Morgan fingerprint density at radius 2 is 1.80 bits per heavy atom. The van der Waals surface area contributed by atoms with Crippen LogP contribution in [0.2, 0.25) is 0 Å². The van der Waals surface area contributed by atoms with E-state index in [-0.39, 0.29) is 5.92 Å². The van der Waals surface area contributed by atoms with Crippen LogP contribution in [0.1, 0.15) is 47.9 Å². The maximum atomic E-state index is 7.41. The first-order valence-corrected chi connectivity index (χ1v) is 5.60. The molecule has 1 rings (SSSR count). The Morgan fingerprint density at radius 3 is 2.33 bits per heavy atom. The SMILES string of the molecule is [C]#CC(CCC)c1c(C)ccc(C)c1C. The zero-order valence-corrected chi connectivity index (χ0v) is 10.1. The molecule has 0 aliphatic heterocycles. The van der Waals surface area contributed by atoms with E-state index in [4.69, 9.17) is 6.42 Å². The molecular weight excluding hydrogens is 180 g/mol. The van der Waals surface area contributed by atoms with Crippen LogP contribution in [-0.4, -0.2) is 0 Å². The van der Waals surface area contributed by atoms with Gasteiger partial charge in [-0.15, -0.1) is 0 Å². The average Bonchev–Trinajstić information content (AvgIpc) is 2.22. The van der Waals surface area contributed by atoms with E-state index in [2.05, 4.69) is 45.7 Å². The van der Waals surface area contributed by atoms with Gasteiger partial charge >= 0.3 is 0 Å². The molecule has 0 N–H and O–H groups in total. The third kappa shape index (κ3) is 2.42. The van der Waals surface area contributed by atoms with Gasteiger partial charge in [-0.2, -0.15) is 0 Å². The summed E-state index contributed by atoms with van der Waals surface area (Å²) in [5, 5.41) is 0. The summed E-state index contributed by atoms with van der Waals surface area (Å²) in [4.78, 5) is 0. The first-order chi connectivity index (χ1) is 7.11. The zero-order chi connectivity index (χ0) is 11.4. The Bertz CT molecular complexity index is 380. The summed E-state index contributed by atoms with van der Waals surface area (Å²) in [7, 11) is 0. The van der Waals surface area contributed by atoms with Crippen LogP contribution in [0.5, 0.6) is 0 Å². The van der Waals surface area contributed by atoms with E-state index in [1.54, 1.807) is 0 Å². The van der Waals surface area contributed by atoms with Gasteiger partial charge in [-0.25, -0.2) is 0 Å². The molecule has 0 heterocycles. The summed E-state index contributed by atoms with van der Waals surface area (Å²) >= 11 is 0. The predicted octanol–water partition coefficient (Wildman–Crippen LogP) is 4.09. The molecule has 0 heteroatoms. The summed E-state index contributed by atoms with van der Waals surface area (Å²) in [6, 6.07) is 4.30. The van der Waals surface area contributed by atoms with Crippen molar-refractivity contribution in [2.75, 3.05) is 0 Å². The summed E-state index contributed by atoms with van der Waals surface area (Å²) < 4.78 is 0. The van der Waals surface area contributed by atoms with Crippen molar-refractivity contribution in [2.24, 2.45) is 0 Å². The summed E-state index contributed by atoms with van der Waals surface area (Å²) in [6.45, 7) is 8.56. The van der Waals surface area contributed by atoms with Gasteiger partial charge in [0.25, 0.3) is 0 Å². The second-order valence-electron chi connectivity index (χ2n) is 4.22. The van der Waals surface area contributed by atoms with Crippen LogP contribution in [0, 0.1) is 33.1 Å². The fourth-order valence-corrected chi connectivity index (χ4v) is 2.09. The van der Waals surface area contributed by atoms with Gasteiger partial charge in [0, 0.05) is 5.92 Å². The number of aryl methyl sites for hydroxylation is 2. The number of rotatable bonds is 3. The van der Waals surface area contributed by atoms with Crippen molar-refractivity contribution in [3.63, 3.8) is 0 Å². The molecule has 1 aromatic carbocycles. The van der Waals surface area contributed by atoms with Crippen molar-refractivity contribution in [3.8, 4) is 5.92 Å². The molecule has 0 aliphatic rings. The molecule has 0 saturated heterocycles. The highest BCUT2D eigenvalue weighted by atomic mass is 14.2. The van der Waals surface area contributed by atoms with E-state index in [1.807, 2.05) is 0 Å². The lowest BCUT2D eigenvalue weighted by molar-refractivity contribution is 0.725. The first-order valence-electron chi connectivity index (χ1n) is 5.60. The summed E-state index contributed by atoms with van der Waals surface area (Å²) in [6.07, 6.45) is 9.54. The van der Waals surface area contributed by atoms with Crippen LogP contribution >= 0.6 is 0 Å². The first kappa shape index (κ1) is 11.9. The molecule has 1 aromatic rings. The highest BCUT2D eigenvalue weighted by molar-refractivity contribution is 5.43. The normalized spacial score (nSPS) is 12.2. The molecule has 15 heavy (non-hydrogen) atoms. The Balaban J connectivity index is 3.22. The minimum atomic E-state index is 0.176. The quantitative estimate of drug-likeness (QED) is 0.643. The van der Waals surface area contributed by atoms with Gasteiger partial charge in [0.2, 0.25) is 0 Å². The molecule has 0 bridgehead atoms. The van der Waals surface area contributed by atoms with Crippen LogP contribution in [0.25, 0.3) is 0 Å². The highest BCUT2D eigenvalue weighted by Gasteiger charge is 2.13. The van der Waals surface area contributed by atoms with Gasteiger partial charge in [0.15, 0.2) is 0 Å². The van der Waals surface area contributed by atoms with Crippen molar-refractivity contribution >= 4 is 0 Å². The monoisotopic (exact) mass is 199 g/mol. The zero-order valence-electron chi connectivity index (χ0n) is 10.1. The lowest BCUT2D eigenvalue weighted by atomic mass is 9.86. The van der Waals surface area contributed by atoms with Crippen LogP contribution < -0.4 is 0 Å². The number of hydrogen-bond acceptors (Lipinski definition) is 0. The Labute approximate surface area is 93.7 Å². The van der Waals surface area contributed by atoms with E-state index in [9.17, 15) is 0 Å². The second-order valence-corrected chi connectivity index (χ2v) is 4.22. The van der Waals surface area contributed by atoms with Gasteiger partial charge < -0.3 is 0 Å². The van der Waals surface area contributed by atoms with Gasteiger partial charge in [-0.1, -0.05) is 31.4 Å². The lowest BCUT2D eigenvalue weighted by Crippen LogP contribution is -2.02. The standard InChI is InChI=1S/C15H19/c1-6-8-14(7-2)15-12(4)10-9-11(3)13(15)5/h9-10,14H,6,8H2,1,3-5H3. The Kier molecular flexibility index (Phi) is 3.97. The molecule has 1 atom stereocenters. The molecule has 1 unspecified atom stereocenters. The molecule has 79 valence electrons. The summed E-state index contributed by atoms with van der Waals surface area (Å²) in [5.74, 6) is 2.85. The van der Waals surface area contributed by atoms with Crippen LogP contribution in [0.4, 0.5) is 0 Å². The molecule has 1 radical (unpaired) electrons. The number of benzene rings is 1. The van der Waals surface area contributed by atoms with Crippen LogP contribution in [0.3, 0.4) is 0 Å². The van der Waals surface area contributed by atoms with E-state index >= 15 is 0 Å². The van der Waals surface area contributed by atoms with E-state index in [0.717, 1.165) is 12.8 Å². The third-order valence-electron chi connectivity index (χ3n) is 3.10. The molecular formula is C15H19. The molecule has 0 saturated carbocycles. The van der Waals surface area contributed by atoms with E-state index < -0.39 is 0 Å². The van der Waals surface area contributed by atoms with Crippen molar-refractivity contribution in [3.05, 3.63) is 40.8 Å². The molecule has 0 spiro atoms. The molecule has 0 nitrogen and oxygen atoms in total. The van der Waals surface area contributed by atoms with Crippen LogP contribution in [-0.2, 0) is 0 Å². The highest BCUT2D eigenvalue weighted by Crippen LogP contribution is 2.28. The molecule has 0 amide bonds. The smallest absolute Gasteiger partial charge is 0.0467 e.